The van der Waals surface area contributed by atoms with Crippen LogP contribution < -0.4 is 20.4 Å². The van der Waals surface area contributed by atoms with E-state index in [1.165, 1.54) is 46.5 Å². The van der Waals surface area contributed by atoms with Crippen LogP contribution in [0.1, 0.15) is 66.2 Å². The number of hydrogen-bond donors (Lipinski definition) is 3. The fourth-order valence-corrected chi connectivity index (χ4v) is 8.92. The first-order valence-electron chi connectivity index (χ1n) is 18.9. The Hall–Kier alpha value is -4.82. The van der Waals surface area contributed by atoms with Gasteiger partial charge in [0.05, 0.1) is 0 Å². The van der Waals surface area contributed by atoms with Crippen molar-refractivity contribution >= 4 is 28.9 Å². The van der Waals surface area contributed by atoms with Crippen molar-refractivity contribution < 1.29 is 14.7 Å². The number of aromatic hydroxyl groups is 1. The van der Waals surface area contributed by atoms with Gasteiger partial charge in [0.25, 0.3) is 0 Å². The van der Waals surface area contributed by atoms with Crippen LogP contribution in [0.3, 0.4) is 0 Å². The van der Waals surface area contributed by atoms with Gasteiger partial charge in [-0.3, -0.25) is 19.8 Å². The van der Waals surface area contributed by atoms with Crippen molar-refractivity contribution in [2.24, 2.45) is 5.92 Å². The number of nitrogens with one attached hydrogen (secondary N) is 2. The van der Waals surface area contributed by atoms with E-state index in [4.69, 9.17) is 0 Å². The zero-order valence-electron chi connectivity index (χ0n) is 29.3. The van der Waals surface area contributed by atoms with E-state index in [1.54, 1.807) is 0 Å². The quantitative estimate of drug-likeness (QED) is 0.183. The average Bonchev–Trinajstić information content (AvgIpc) is 3.17. The molecule has 3 aliphatic heterocycles. The van der Waals surface area contributed by atoms with Gasteiger partial charge in [0, 0.05) is 75.2 Å². The van der Waals surface area contributed by atoms with Gasteiger partial charge in [-0.15, -0.1) is 0 Å². The van der Waals surface area contributed by atoms with E-state index in [-0.39, 0.29) is 23.8 Å². The number of rotatable bonds is 8. The molecule has 0 saturated carbocycles. The largest absolute Gasteiger partial charge is 0.508 e. The van der Waals surface area contributed by atoms with Crippen molar-refractivity contribution in [3.8, 4) is 5.75 Å². The van der Waals surface area contributed by atoms with E-state index in [1.807, 2.05) is 24.3 Å². The summed E-state index contributed by atoms with van der Waals surface area (Å²) in [5, 5.41) is 16.0. The van der Waals surface area contributed by atoms with Crippen LogP contribution in [0.4, 0.5) is 17.1 Å². The minimum atomic E-state index is -0.370. The van der Waals surface area contributed by atoms with Gasteiger partial charge >= 0.3 is 0 Å². The van der Waals surface area contributed by atoms with Crippen LogP contribution in [0, 0.1) is 5.92 Å². The second-order valence-corrected chi connectivity index (χ2v) is 14.9. The van der Waals surface area contributed by atoms with Crippen molar-refractivity contribution in [3.63, 3.8) is 0 Å². The number of phenols is 1. The number of aryl methyl sites for hydroxylation is 1. The van der Waals surface area contributed by atoms with E-state index >= 15 is 0 Å². The van der Waals surface area contributed by atoms with Crippen molar-refractivity contribution in [2.75, 3.05) is 60.9 Å². The number of carbonyl (C=O) groups is 2. The van der Waals surface area contributed by atoms with Crippen molar-refractivity contribution in [1.29, 1.82) is 0 Å². The molecule has 51 heavy (non-hydrogen) atoms. The second kappa shape index (κ2) is 14.8. The summed E-state index contributed by atoms with van der Waals surface area (Å²) >= 11 is 0. The van der Waals surface area contributed by atoms with Crippen LogP contribution in [-0.4, -0.2) is 73.7 Å². The van der Waals surface area contributed by atoms with Gasteiger partial charge < -0.3 is 20.2 Å². The number of carbonyl (C=O) groups excluding carboxylic acids is 2. The van der Waals surface area contributed by atoms with E-state index in [0.717, 1.165) is 70.3 Å². The topological polar surface area (TPSA) is 88.2 Å². The van der Waals surface area contributed by atoms with Crippen LogP contribution in [0.15, 0.2) is 97.1 Å². The Morgan fingerprint density at radius 1 is 0.686 bits per heavy atom. The summed E-state index contributed by atoms with van der Waals surface area (Å²) in [5.41, 5.74) is 8.77. The van der Waals surface area contributed by atoms with E-state index in [2.05, 4.69) is 98.1 Å². The third-order valence-corrected chi connectivity index (χ3v) is 11.7. The maximum Gasteiger partial charge on any atom is 0.249 e. The van der Waals surface area contributed by atoms with Crippen LogP contribution in [0.5, 0.6) is 5.75 Å². The van der Waals surface area contributed by atoms with Gasteiger partial charge in [0.2, 0.25) is 11.8 Å². The zero-order valence-corrected chi connectivity index (χ0v) is 29.3. The molecule has 3 fully saturated rings. The van der Waals surface area contributed by atoms with Gasteiger partial charge in [0.15, 0.2) is 0 Å². The lowest BCUT2D eigenvalue weighted by Crippen LogP contribution is -2.49. The molecule has 0 bridgehead atoms. The first kappa shape index (κ1) is 33.3. The minimum Gasteiger partial charge on any atom is -0.508 e. The highest BCUT2D eigenvalue weighted by atomic mass is 16.3. The Morgan fingerprint density at radius 2 is 1.45 bits per heavy atom. The summed E-state index contributed by atoms with van der Waals surface area (Å²) in [5.74, 6) is 1.33. The summed E-state index contributed by atoms with van der Waals surface area (Å²) in [4.78, 5) is 31.4. The van der Waals surface area contributed by atoms with E-state index in [9.17, 15) is 14.7 Å². The molecule has 0 spiro atoms. The summed E-state index contributed by atoms with van der Waals surface area (Å²) < 4.78 is 0. The maximum absolute atomic E-state index is 12.2. The van der Waals surface area contributed by atoms with Crippen LogP contribution in [0.25, 0.3) is 0 Å². The highest BCUT2D eigenvalue weighted by Crippen LogP contribution is 2.47. The Morgan fingerprint density at radius 3 is 2.22 bits per heavy atom. The fraction of sp³-hybridized carbons (Fsp3) is 0.395. The number of piperidine rings is 2. The van der Waals surface area contributed by atoms with Crippen molar-refractivity contribution in [3.05, 3.63) is 119 Å². The molecule has 3 atom stereocenters. The van der Waals surface area contributed by atoms with Crippen molar-refractivity contribution in [1.82, 2.24) is 10.2 Å². The molecule has 3 saturated heterocycles. The summed E-state index contributed by atoms with van der Waals surface area (Å²) in [7, 11) is 0. The molecule has 1 unspecified atom stereocenters. The molecule has 3 N–H and O–H groups in total. The molecule has 8 heteroatoms. The standard InChI is InChI=1S/C43H49N5O3/c49-37-14-16-39-33(27-37)11-15-38(31-5-2-1-3-6-31)42(39)32-9-12-35(13-10-32)47-21-19-30(20-22-47)29-46-23-25-48(26-24-46)36-8-4-7-34(28-36)44-40-17-18-41(50)45-43(40)51/h1-10,12-14,16,27-28,30,38,40,42,44,49H,11,15,17-26,29H2,(H,45,50,51)/t38-,40?,42+/m1/s1. The normalized spacial score (nSPS) is 23.1. The number of amides is 2. The molecule has 8 rings (SSSR count). The molecule has 4 aliphatic rings. The van der Waals surface area contributed by atoms with Crippen LogP contribution >= 0.6 is 0 Å². The Balaban J connectivity index is 0.840. The number of imide groups is 1. The molecule has 264 valence electrons. The van der Waals surface area contributed by atoms with Crippen LogP contribution in [-0.2, 0) is 16.0 Å². The smallest absolute Gasteiger partial charge is 0.249 e. The molecular formula is C43H49N5O3. The lowest BCUT2D eigenvalue weighted by Gasteiger charge is -2.40. The number of benzene rings is 4. The number of fused-ring (bicyclic) bond motifs is 1. The van der Waals surface area contributed by atoms with Gasteiger partial charge in [-0.1, -0.05) is 54.6 Å². The van der Waals surface area contributed by atoms with Gasteiger partial charge in [-0.2, -0.15) is 0 Å². The predicted molar refractivity (Wildman–Crippen MR) is 204 cm³/mol. The van der Waals surface area contributed by atoms with E-state index in [0.29, 0.717) is 24.5 Å². The van der Waals surface area contributed by atoms with Crippen molar-refractivity contribution in [2.45, 2.75) is 56.4 Å². The summed E-state index contributed by atoms with van der Waals surface area (Å²) in [6.45, 7) is 7.44. The Labute approximate surface area is 301 Å². The highest BCUT2D eigenvalue weighted by molar-refractivity contribution is 6.01. The average molecular weight is 684 g/mol. The first-order chi connectivity index (χ1) is 25.0. The number of phenolic OH excluding ortho intramolecular Hbond substituents is 1. The number of nitrogens with zero attached hydrogens (tertiary/aromatic N) is 3. The van der Waals surface area contributed by atoms with E-state index < -0.39 is 0 Å². The zero-order chi connectivity index (χ0) is 34.7. The number of piperazine rings is 1. The third-order valence-electron chi connectivity index (χ3n) is 11.7. The first-order valence-corrected chi connectivity index (χ1v) is 18.9. The highest BCUT2D eigenvalue weighted by Gasteiger charge is 2.33. The lowest BCUT2D eigenvalue weighted by atomic mass is 9.69. The molecule has 4 aromatic rings. The molecule has 2 amide bonds. The van der Waals surface area contributed by atoms with Crippen LogP contribution in [0.2, 0.25) is 0 Å². The number of anilines is 3. The molecule has 0 aromatic heterocycles. The minimum absolute atomic E-state index is 0.191. The Bertz CT molecular complexity index is 1830. The third kappa shape index (κ3) is 7.47. The molecule has 8 nitrogen and oxygen atoms in total. The fourth-order valence-electron chi connectivity index (χ4n) is 8.92. The monoisotopic (exact) mass is 683 g/mol. The van der Waals surface area contributed by atoms with Gasteiger partial charge in [-0.05, 0) is 109 Å². The Kier molecular flexibility index (Phi) is 9.68. The second-order valence-electron chi connectivity index (χ2n) is 14.9. The molecule has 1 aliphatic carbocycles. The molecule has 4 aromatic carbocycles. The van der Waals surface area contributed by atoms with Gasteiger partial charge in [-0.25, -0.2) is 0 Å². The molecule has 3 heterocycles. The predicted octanol–water partition coefficient (Wildman–Crippen LogP) is 6.51. The SMILES string of the molecule is O=C1CCC(Nc2cccc(N3CCN(CC4CCN(c5ccc([C@@H]6c7ccc(O)cc7CC[C@@H]6c6ccccc6)cc5)CC4)CC3)c2)C(=O)N1. The summed E-state index contributed by atoms with van der Waals surface area (Å²) in [6.07, 6.45) is 5.39. The summed E-state index contributed by atoms with van der Waals surface area (Å²) in [6, 6.07) is 34.2. The number of hydrogen-bond acceptors (Lipinski definition) is 7. The maximum atomic E-state index is 12.2. The molecular weight excluding hydrogens is 635 g/mol. The van der Waals surface area contributed by atoms with Gasteiger partial charge in [0.1, 0.15) is 11.8 Å². The lowest BCUT2D eigenvalue weighted by molar-refractivity contribution is -0.133. The molecule has 0 radical (unpaired) electrons.